The Morgan fingerprint density at radius 1 is 0.848 bits per heavy atom. The fraction of sp³-hybridized carbons (Fsp3) is 0.259. The lowest BCUT2D eigenvalue weighted by atomic mass is 9.88. The van der Waals surface area contributed by atoms with Crippen molar-refractivity contribution in [3.63, 3.8) is 0 Å². The fourth-order valence-electron chi connectivity index (χ4n) is 4.03. The van der Waals surface area contributed by atoms with Crippen molar-refractivity contribution in [2.45, 2.75) is 38.3 Å². The molecule has 0 aliphatic carbocycles. The molecule has 2 amide bonds. The van der Waals surface area contributed by atoms with Gasteiger partial charge in [0, 0.05) is 41.5 Å². The maximum absolute atomic E-state index is 13.8. The number of amides is 2. The molecule has 0 saturated carbocycles. The van der Waals surface area contributed by atoms with Crippen LogP contribution in [-0.2, 0) is 16.1 Å². The summed E-state index contributed by atoms with van der Waals surface area (Å²) < 4.78 is 0. The molecule has 0 spiro atoms. The molecule has 0 saturated heterocycles. The third kappa shape index (κ3) is 6.16. The molecule has 1 N–H and O–H groups in total. The van der Waals surface area contributed by atoms with Crippen LogP contribution in [0.3, 0.4) is 0 Å². The standard InChI is InChI=1S/C27H28Cl2N2O2/c1-3-25(27(33)30-2)31(18-22-23(28)15-10-16-24(22)29)26(32)17-21(19-11-6-4-7-12-19)20-13-8-5-9-14-20/h4-16,21,25H,3,17-18H2,1-2H3,(H,30,33)/t25-/m1/s1. The molecule has 0 radical (unpaired) electrons. The molecule has 172 valence electrons. The molecular formula is C27H28Cl2N2O2. The lowest BCUT2D eigenvalue weighted by Gasteiger charge is -2.32. The number of nitrogens with one attached hydrogen (secondary N) is 1. The van der Waals surface area contributed by atoms with Crippen LogP contribution in [0.15, 0.2) is 78.9 Å². The Labute approximate surface area is 205 Å². The minimum atomic E-state index is -0.637. The van der Waals surface area contributed by atoms with Gasteiger partial charge in [-0.3, -0.25) is 9.59 Å². The molecule has 4 nitrogen and oxygen atoms in total. The normalized spacial score (nSPS) is 11.8. The minimum absolute atomic E-state index is 0.140. The Bertz CT molecular complexity index is 1010. The highest BCUT2D eigenvalue weighted by atomic mass is 35.5. The quantitative estimate of drug-likeness (QED) is 0.402. The molecular weight excluding hydrogens is 455 g/mol. The highest BCUT2D eigenvalue weighted by molar-refractivity contribution is 6.36. The molecule has 3 rings (SSSR count). The highest BCUT2D eigenvalue weighted by Gasteiger charge is 2.31. The van der Waals surface area contributed by atoms with Crippen molar-refractivity contribution in [3.8, 4) is 0 Å². The fourth-order valence-corrected chi connectivity index (χ4v) is 4.55. The SMILES string of the molecule is CC[C@H](C(=O)NC)N(Cc1c(Cl)cccc1Cl)C(=O)CC(c1ccccc1)c1ccccc1. The molecule has 1 atom stereocenters. The van der Waals surface area contributed by atoms with E-state index in [1.54, 1.807) is 30.1 Å². The summed E-state index contributed by atoms with van der Waals surface area (Å²) in [6, 6.07) is 24.5. The molecule has 0 bridgehead atoms. The highest BCUT2D eigenvalue weighted by Crippen LogP contribution is 2.31. The van der Waals surface area contributed by atoms with Gasteiger partial charge in [0.15, 0.2) is 0 Å². The van der Waals surface area contributed by atoms with Gasteiger partial charge in [-0.2, -0.15) is 0 Å². The molecule has 6 heteroatoms. The average molecular weight is 483 g/mol. The van der Waals surface area contributed by atoms with E-state index in [1.807, 2.05) is 67.6 Å². The molecule has 0 heterocycles. The number of halogens is 2. The monoisotopic (exact) mass is 482 g/mol. The predicted octanol–water partition coefficient (Wildman–Crippen LogP) is 6.07. The first-order chi connectivity index (χ1) is 16.0. The summed E-state index contributed by atoms with van der Waals surface area (Å²) in [4.78, 5) is 28.1. The van der Waals surface area contributed by atoms with Crippen molar-refractivity contribution in [2.75, 3.05) is 7.05 Å². The molecule has 0 fully saturated rings. The summed E-state index contributed by atoms with van der Waals surface area (Å²) in [6.07, 6.45) is 0.679. The van der Waals surface area contributed by atoms with Crippen LogP contribution in [0.4, 0.5) is 0 Å². The summed E-state index contributed by atoms with van der Waals surface area (Å²) in [5, 5.41) is 3.62. The first-order valence-corrected chi connectivity index (χ1v) is 11.8. The predicted molar refractivity (Wildman–Crippen MR) is 135 cm³/mol. The average Bonchev–Trinajstić information content (AvgIpc) is 2.84. The number of hydrogen-bond acceptors (Lipinski definition) is 2. The van der Waals surface area contributed by atoms with Crippen LogP contribution in [0.5, 0.6) is 0 Å². The van der Waals surface area contributed by atoms with Gasteiger partial charge in [-0.15, -0.1) is 0 Å². The molecule has 0 aromatic heterocycles. The lowest BCUT2D eigenvalue weighted by molar-refractivity contribution is -0.141. The van der Waals surface area contributed by atoms with E-state index >= 15 is 0 Å². The Kier molecular flexibility index (Phi) is 8.93. The van der Waals surface area contributed by atoms with Crippen LogP contribution in [-0.4, -0.2) is 29.8 Å². The van der Waals surface area contributed by atoms with E-state index in [0.717, 1.165) is 11.1 Å². The van der Waals surface area contributed by atoms with E-state index in [1.165, 1.54) is 0 Å². The van der Waals surface area contributed by atoms with Crippen molar-refractivity contribution in [1.29, 1.82) is 0 Å². The molecule has 0 aliphatic rings. The van der Waals surface area contributed by atoms with Gasteiger partial charge in [0.1, 0.15) is 6.04 Å². The maximum atomic E-state index is 13.8. The summed E-state index contributed by atoms with van der Waals surface area (Å²) in [7, 11) is 1.58. The summed E-state index contributed by atoms with van der Waals surface area (Å²) in [5.41, 5.74) is 2.72. The van der Waals surface area contributed by atoms with Gasteiger partial charge in [0.05, 0.1) is 0 Å². The van der Waals surface area contributed by atoms with E-state index in [0.29, 0.717) is 22.0 Å². The molecule has 3 aromatic rings. The van der Waals surface area contributed by atoms with Gasteiger partial charge in [-0.05, 0) is 29.7 Å². The van der Waals surface area contributed by atoms with Crippen molar-refractivity contribution >= 4 is 35.0 Å². The Balaban J connectivity index is 1.99. The van der Waals surface area contributed by atoms with Crippen molar-refractivity contribution < 1.29 is 9.59 Å². The molecule has 33 heavy (non-hydrogen) atoms. The molecule has 0 aliphatic heterocycles. The van der Waals surface area contributed by atoms with E-state index in [2.05, 4.69) is 5.32 Å². The number of carbonyl (C=O) groups is 2. The number of hydrogen-bond donors (Lipinski definition) is 1. The topological polar surface area (TPSA) is 49.4 Å². The summed E-state index contributed by atoms with van der Waals surface area (Å²) >= 11 is 12.8. The number of nitrogens with zero attached hydrogens (tertiary/aromatic N) is 1. The minimum Gasteiger partial charge on any atom is -0.357 e. The van der Waals surface area contributed by atoms with Gasteiger partial charge >= 0.3 is 0 Å². The van der Waals surface area contributed by atoms with Gasteiger partial charge in [-0.1, -0.05) is 96.9 Å². The number of rotatable bonds is 9. The number of benzene rings is 3. The summed E-state index contributed by atoms with van der Waals surface area (Å²) in [5.74, 6) is -0.504. The Morgan fingerprint density at radius 2 is 1.36 bits per heavy atom. The maximum Gasteiger partial charge on any atom is 0.242 e. The van der Waals surface area contributed by atoms with Crippen molar-refractivity contribution in [3.05, 3.63) is 106 Å². The zero-order valence-corrected chi connectivity index (χ0v) is 20.3. The van der Waals surface area contributed by atoms with Gasteiger partial charge < -0.3 is 10.2 Å². The number of carbonyl (C=O) groups excluding carboxylic acids is 2. The third-order valence-corrected chi connectivity index (χ3v) is 6.51. The van der Waals surface area contributed by atoms with Crippen molar-refractivity contribution in [2.24, 2.45) is 0 Å². The van der Waals surface area contributed by atoms with Crippen LogP contribution < -0.4 is 5.32 Å². The van der Waals surface area contributed by atoms with Crippen LogP contribution in [0.25, 0.3) is 0 Å². The largest absolute Gasteiger partial charge is 0.357 e. The first kappa shape index (κ1) is 24.8. The smallest absolute Gasteiger partial charge is 0.242 e. The second-order valence-electron chi connectivity index (χ2n) is 7.84. The zero-order chi connectivity index (χ0) is 23.8. The van der Waals surface area contributed by atoms with Crippen LogP contribution in [0.1, 0.15) is 42.4 Å². The Hall–Kier alpha value is -2.82. The van der Waals surface area contributed by atoms with Gasteiger partial charge in [0.2, 0.25) is 11.8 Å². The van der Waals surface area contributed by atoms with Crippen molar-refractivity contribution in [1.82, 2.24) is 10.2 Å². The third-order valence-electron chi connectivity index (χ3n) is 5.81. The van der Waals surface area contributed by atoms with Crippen LogP contribution in [0, 0.1) is 0 Å². The molecule has 0 unspecified atom stereocenters. The lowest BCUT2D eigenvalue weighted by Crippen LogP contribution is -2.48. The van der Waals surface area contributed by atoms with E-state index in [9.17, 15) is 9.59 Å². The second-order valence-corrected chi connectivity index (χ2v) is 8.65. The summed E-state index contributed by atoms with van der Waals surface area (Å²) in [6.45, 7) is 2.04. The second kappa shape index (κ2) is 11.9. The molecule has 3 aromatic carbocycles. The zero-order valence-electron chi connectivity index (χ0n) is 18.8. The first-order valence-electron chi connectivity index (χ1n) is 11.0. The Morgan fingerprint density at radius 3 is 1.82 bits per heavy atom. The number of likely N-dealkylation sites (N-methyl/N-ethyl adjacent to an activating group) is 1. The van der Waals surface area contributed by atoms with E-state index < -0.39 is 6.04 Å². The van der Waals surface area contributed by atoms with Crippen LogP contribution in [0.2, 0.25) is 10.0 Å². The van der Waals surface area contributed by atoms with Crippen LogP contribution >= 0.6 is 23.2 Å². The van der Waals surface area contributed by atoms with Gasteiger partial charge in [-0.25, -0.2) is 0 Å². The van der Waals surface area contributed by atoms with Gasteiger partial charge in [0.25, 0.3) is 0 Å². The van der Waals surface area contributed by atoms with E-state index in [4.69, 9.17) is 23.2 Å². The van der Waals surface area contributed by atoms with E-state index in [-0.39, 0.29) is 30.7 Å².